The van der Waals surface area contributed by atoms with Gasteiger partial charge in [0.05, 0.1) is 28.1 Å². The van der Waals surface area contributed by atoms with Crippen LogP contribution in [0.3, 0.4) is 0 Å². The summed E-state index contributed by atoms with van der Waals surface area (Å²) in [4.78, 5) is 17.9. The topological polar surface area (TPSA) is 70.8 Å². The number of amides is 1. The van der Waals surface area contributed by atoms with Crippen LogP contribution < -0.4 is 4.90 Å². The molecule has 2 saturated heterocycles. The molecular formula is C23H23Cl3N2O4S2. The van der Waals surface area contributed by atoms with Crippen molar-refractivity contribution in [3.8, 4) is 0 Å². The summed E-state index contributed by atoms with van der Waals surface area (Å²) in [7, 11) is -3.21. The van der Waals surface area contributed by atoms with E-state index in [4.69, 9.17) is 39.2 Å². The molecule has 182 valence electrons. The van der Waals surface area contributed by atoms with Crippen LogP contribution in [0.2, 0.25) is 15.1 Å². The fourth-order valence-corrected chi connectivity index (χ4v) is 8.73. The number of thiophene rings is 1. The highest BCUT2D eigenvalue weighted by atomic mass is 35.5. The minimum Gasteiger partial charge on any atom is -0.444 e. The molecule has 5 rings (SSSR count). The second-order valence-corrected chi connectivity index (χ2v) is 13.3. The zero-order valence-corrected chi connectivity index (χ0v) is 22.1. The van der Waals surface area contributed by atoms with Gasteiger partial charge in [0.1, 0.15) is 10.6 Å². The second-order valence-electron chi connectivity index (χ2n) is 8.78. The quantitative estimate of drug-likeness (QED) is 0.367. The lowest BCUT2D eigenvalue weighted by atomic mass is 10.1. The van der Waals surface area contributed by atoms with Gasteiger partial charge in [-0.15, -0.1) is 11.3 Å². The van der Waals surface area contributed by atoms with E-state index in [1.54, 1.807) is 17.0 Å². The summed E-state index contributed by atoms with van der Waals surface area (Å²) in [6.45, 7) is 2.04. The number of nitrogens with zero attached hydrogens (tertiary/aromatic N) is 2. The fourth-order valence-electron chi connectivity index (χ4n) is 4.67. The first kappa shape index (κ1) is 24.3. The van der Waals surface area contributed by atoms with Crippen molar-refractivity contribution in [3.63, 3.8) is 0 Å². The largest absolute Gasteiger partial charge is 0.444 e. The van der Waals surface area contributed by atoms with Crippen molar-refractivity contribution in [1.29, 1.82) is 0 Å². The Bertz CT molecular complexity index is 1350. The van der Waals surface area contributed by atoms with Gasteiger partial charge in [0.15, 0.2) is 15.7 Å². The first-order chi connectivity index (χ1) is 16.2. The van der Waals surface area contributed by atoms with E-state index < -0.39 is 15.9 Å². The summed E-state index contributed by atoms with van der Waals surface area (Å²) in [5, 5.41) is 1.65. The molecule has 34 heavy (non-hydrogen) atoms. The maximum atomic E-state index is 13.8. The lowest BCUT2D eigenvalue weighted by Crippen LogP contribution is -2.40. The molecule has 2 aromatic heterocycles. The third-order valence-corrected chi connectivity index (χ3v) is 10.3. The van der Waals surface area contributed by atoms with Crippen LogP contribution in [-0.4, -0.2) is 49.9 Å². The van der Waals surface area contributed by atoms with Gasteiger partial charge >= 0.3 is 0 Å². The van der Waals surface area contributed by atoms with Crippen molar-refractivity contribution in [2.75, 3.05) is 29.5 Å². The van der Waals surface area contributed by atoms with Gasteiger partial charge in [-0.3, -0.25) is 4.79 Å². The number of halogens is 3. The van der Waals surface area contributed by atoms with Gasteiger partial charge in [-0.2, -0.15) is 0 Å². The molecule has 6 nitrogen and oxygen atoms in total. The molecule has 11 heteroatoms. The highest BCUT2D eigenvalue weighted by Gasteiger charge is 2.37. The average Bonchev–Trinajstić information content (AvgIpc) is 3.49. The van der Waals surface area contributed by atoms with Gasteiger partial charge < -0.3 is 14.2 Å². The predicted octanol–water partition coefficient (Wildman–Crippen LogP) is 6.27. The van der Waals surface area contributed by atoms with Crippen molar-refractivity contribution in [1.82, 2.24) is 4.90 Å². The zero-order valence-electron chi connectivity index (χ0n) is 18.2. The van der Waals surface area contributed by atoms with Crippen LogP contribution in [-0.2, 0) is 16.4 Å². The highest BCUT2D eigenvalue weighted by Crippen LogP contribution is 2.42. The number of fused-ring (bicyclic) bond motifs is 1. The van der Waals surface area contributed by atoms with E-state index in [0.717, 1.165) is 31.8 Å². The molecule has 0 bridgehead atoms. The van der Waals surface area contributed by atoms with E-state index >= 15 is 0 Å². The van der Waals surface area contributed by atoms with Crippen LogP contribution in [0.15, 0.2) is 28.7 Å². The van der Waals surface area contributed by atoms with Crippen molar-refractivity contribution in [2.24, 2.45) is 0 Å². The van der Waals surface area contributed by atoms with Gasteiger partial charge in [0.25, 0.3) is 5.91 Å². The number of piperidine rings is 1. The lowest BCUT2D eigenvalue weighted by molar-refractivity contribution is 0.0671. The second kappa shape index (κ2) is 9.54. The summed E-state index contributed by atoms with van der Waals surface area (Å²) in [5.74, 6) is 1.03. The number of hydrogen-bond donors (Lipinski definition) is 0. The molecule has 1 unspecified atom stereocenters. The number of rotatable bonds is 5. The average molecular weight is 562 g/mol. The van der Waals surface area contributed by atoms with Gasteiger partial charge in [-0.25, -0.2) is 8.42 Å². The summed E-state index contributed by atoms with van der Waals surface area (Å²) in [5.41, 5.74) is 0. The smallest absolute Gasteiger partial charge is 0.266 e. The zero-order chi connectivity index (χ0) is 24.0. The molecule has 0 aliphatic carbocycles. The van der Waals surface area contributed by atoms with Gasteiger partial charge in [-0.1, -0.05) is 34.8 Å². The van der Waals surface area contributed by atoms with Crippen molar-refractivity contribution in [2.45, 2.75) is 38.3 Å². The number of sulfone groups is 1. The Labute approximate surface area is 217 Å². The molecule has 0 radical (unpaired) electrons. The Morgan fingerprint density at radius 3 is 2.62 bits per heavy atom. The molecule has 2 aliphatic rings. The highest BCUT2D eigenvalue weighted by molar-refractivity contribution is 7.91. The van der Waals surface area contributed by atoms with Crippen molar-refractivity contribution >= 4 is 77.9 Å². The van der Waals surface area contributed by atoms with Gasteiger partial charge in [0, 0.05) is 40.3 Å². The molecule has 0 spiro atoms. The van der Waals surface area contributed by atoms with Crippen LogP contribution in [0.4, 0.5) is 5.88 Å². The van der Waals surface area contributed by atoms with E-state index in [1.807, 2.05) is 12.1 Å². The maximum absolute atomic E-state index is 13.8. The first-order valence-corrected chi connectivity index (χ1v) is 14.9. The number of carbonyl (C=O) groups is 1. The maximum Gasteiger partial charge on any atom is 0.266 e. The Hall–Kier alpha value is -1.45. The number of hydrogen-bond acceptors (Lipinski definition) is 6. The Balaban J connectivity index is 1.48. The molecule has 2 fully saturated rings. The molecule has 1 amide bonds. The van der Waals surface area contributed by atoms with Crippen LogP contribution in [0, 0.1) is 0 Å². The molecule has 0 saturated carbocycles. The summed E-state index contributed by atoms with van der Waals surface area (Å²) in [6, 6.07) is 6.63. The number of carbonyl (C=O) groups excluding carboxylic acids is 1. The Kier molecular flexibility index (Phi) is 6.81. The summed E-state index contributed by atoms with van der Waals surface area (Å²) >= 11 is 20.3. The predicted molar refractivity (Wildman–Crippen MR) is 139 cm³/mol. The molecule has 1 atom stereocenters. The number of benzene rings is 1. The summed E-state index contributed by atoms with van der Waals surface area (Å²) < 4.78 is 31.3. The van der Waals surface area contributed by atoms with E-state index in [-0.39, 0.29) is 29.0 Å². The standard InChI is InChI=1S/C23H23Cl3N2O4S2/c24-14-10-17(25)20-18(11-14)33-22(21(20)26)23(29)28(15-6-9-34(30,31)13-15)12-16-4-5-19(32-16)27-7-2-1-3-8-27/h4-5,10-11,15H,1-3,6-9,12-13H2. The SMILES string of the molecule is O=C(c1sc2cc(Cl)cc(Cl)c2c1Cl)N(Cc1ccc(N2CCCCC2)o1)C1CCS(=O)(=O)C1. The minimum atomic E-state index is -3.21. The number of furan rings is 1. The van der Waals surface area contributed by atoms with Crippen LogP contribution in [0.5, 0.6) is 0 Å². The van der Waals surface area contributed by atoms with Gasteiger partial charge in [0.2, 0.25) is 0 Å². The van der Waals surface area contributed by atoms with Crippen molar-refractivity contribution < 1.29 is 17.6 Å². The molecule has 2 aliphatic heterocycles. The Morgan fingerprint density at radius 1 is 1.15 bits per heavy atom. The molecule has 4 heterocycles. The van der Waals surface area contributed by atoms with E-state index in [0.29, 0.717) is 37.2 Å². The molecule has 0 N–H and O–H groups in total. The normalized spacial score (nSPS) is 20.2. The Morgan fingerprint density at radius 2 is 1.91 bits per heavy atom. The lowest BCUT2D eigenvalue weighted by Gasteiger charge is -2.28. The van der Waals surface area contributed by atoms with Crippen LogP contribution in [0.25, 0.3) is 10.1 Å². The van der Waals surface area contributed by atoms with E-state index in [9.17, 15) is 13.2 Å². The van der Waals surface area contributed by atoms with E-state index in [1.165, 1.54) is 17.8 Å². The van der Waals surface area contributed by atoms with Crippen LogP contribution in [0.1, 0.15) is 41.1 Å². The summed E-state index contributed by atoms with van der Waals surface area (Å²) in [6.07, 6.45) is 3.84. The minimum absolute atomic E-state index is 0.0558. The third-order valence-electron chi connectivity index (χ3n) is 6.40. The van der Waals surface area contributed by atoms with Crippen molar-refractivity contribution in [3.05, 3.63) is 50.0 Å². The monoisotopic (exact) mass is 560 g/mol. The first-order valence-electron chi connectivity index (χ1n) is 11.1. The molecular weight excluding hydrogens is 539 g/mol. The third kappa shape index (κ3) is 4.80. The molecule has 3 aromatic rings. The van der Waals surface area contributed by atoms with Crippen LogP contribution >= 0.6 is 46.1 Å². The molecule has 1 aromatic carbocycles. The van der Waals surface area contributed by atoms with Gasteiger partial charge in [-0.05, 0) is 43.9 Å². The van der Waals surface area contributed by atoms with E-state index in [2.05, 4.69) is 4.90 Å². The number of anilines is 1. The fraction of sp³-hybridized carbons (Fsp3) is 0.435.